The molecule has 0 saturated heterocycles. The number of rotatable bonds is 1. The van der Waals surface area contributed by atoms with E-state index in [2.05, 4.69) is 32.9 Å². The largest absolute Gasteiger partial charge is 0.375 e. The van der Waals surface area contributed by atoms with Crippen molar-refractivity contribution in [3.05, 3.63) is 16.6 Å². The van der Waals surface area contributed by atoms with Gasteiger partial charge < -0.3 is 10.9 Å². The third kappa shape index (κ3) is 2.07. The molecule has 0 spiro atoms. The molecule has 0 aliphatic heterocycles. The Balaban J connectivity index is 2.74. The van der Waals surface area contributed by atoms with E-state index in [1.807, 2.05) is 0 Å². The van der Waals surface area contributed by atoms with Gasteiger partial charge in [0.25, 0.3) is 5.69 Å². The van der Waals surface area contributed by atoms with E-state index >= 15 is 0 Å². The topological polar surface area (TPSA) is 120 Å². The molecule has 4 N–H and O–H groups in total. The summed E-state index contributed by atoms with van der Waals surface area (Å²) < 4.78 is 4.18. The van der Waals surface area contributed by atoms with E-state index in [0.717, 1.165) is 0 Å². The van der Waals surface area contributed by atoms with Gasteiger partial charge >= 0.3 is 5.91 Å². The van der Waals surface area contributed by atoms with Crippen LogP contribution in [0.1, 0.15) is 16.2 Å². The predicted molar refractivity (Wildman–Crippen MR) is 47.6 cm³/mol. The Kier molecular flexibility index (Phi) is 2.82. The molecule has 14 heavy (non-hydrogen) atoms. The Bertz CT molecular complexity index is 356. The lowest BCUT2D eigenvalue weighted by atomic mass is 10.3. The van der Waals surface area contributed by atoms with Crippen LogP contribution < -0.4 is 21.5 Å². The zero-order chi connectivity index (χ0) is 10.7. The molecule has 0 aliphatic carbocycles. The average molecular weight is 217 g/mol. The van der Waals surface area contributed by atoms with E-state index < -0.39 is 5.91 Å². The van der Waals surface area contributed by atoms with Crippen molar-refractivity contribution in [3.63, 3.8) is 0 Å². The van der Waals surface area contributed by atoms with Crippen molar-refractivity contribution in [3.8, 4) is 0 Å². The van der Waals surface area contributed by atoms with Gasteiger partial charge in [0.2, 0.25) is 5.69 Å². The Hall–Kier alpha value is -1.90. The van der Waals surface area contributed by atoms with E-state index in [1.54, 1.807) is 0 Å². The van der Waals surface area contributed by atoms with Gasteiger partial charge in [-0.25, -0.2) is 0 Å². The van der Waals surface area contributed by atoms with E-state index in [9.17, 15) is 10.0 Å². The van der Waals surface area contributed by atoms with E-state index in [4.69, 9.17) is 5.73 Å². The molecule has 1 heterocycles. The molecule has 76 valence electrons. The zero-order valence-electron chi connectivity index (χ0n) is 7.10. The molecular formula is C5H7N5O3S. The van der Waals surface area contributed by atoms with Crippen LogP contribution in [-0.4, -0.2) is 16.2 Å². The second-order valence-corrected chi connectivity index (χ2v) is 2.75. The number of aryl methyl sites for hydroxylation is 1. The summed E-state index contributed by atoms with van der Waals surface area (Å²) >= 11 is 4.44. The summed E-state index contributed by atoms with van der Waals surface area (Å²) in [5.41, 5.74) is 9.23. The SMILES string of the molecule is Cc1no[n+]([O-])c1C(=O)NNC(N)=S. The van der Waals surface area contributed by atoms with Gasteiger partial charge in [-0.2, -0.15) is 0 Å². The first-order valence-electron chi connectivity index (χ1n) is 3.44. The van der Waals surface area contributed by atoms with E-state index in [0.29, 0.717) is 0 Å². The maximum atomic E-state index is 11.2. The third-order valence-corrected chi connectivity index (χ3v) is 1.39. The number of amides is 1. The van der Waals surface area contributed by atoms with Crippen LogP contribution in [0.2, 0.25) is 0 Å². The van der Waals surface area contributed by atoms with Crippen LogP contribution >= 0.6 is 12.2 Å². The molecule has 0 aliphatic rings. The Morgan fingerprint density at radius 1 is 1.71 bits per heavy atom. The molecule has 0 unspecified atom stereocenters. The third-order valence-electron chi connectivity index (χ3n) is 1.29. The van der Waals surface area contributed by atoms with E-state index in [-0.39, 0.29) is 21.4 Å². The number of nitrogens with two attached hydrogens (primary N) is 1. The number of thiocarbonyl (C=S) groups is 1. The standard InChI is InChI=1S/C5H7N5O3S/c1-2-3(10(12)13-9-2)4(11)7-8-5(6)14/h1H3,(H,7,11)(H3,6,8,14). The fraction of sp³-hybridized carbons (Fsp3) is 0.200. The lowest BCUT2D eigenvalue weighted by Gasteiger charge is -2.03. The lowest BCUT2D eigenvalue weighted by molar-refractivity contribution is -0.803. The number of hydrogen-bond donors (Lipinski definition) is 3. The molecule has 0 fully saturated rings. The molecule has 1 amide bonds. The highest BCUT2D eigenvalue weighted by atomic mass is 32.1. The first-order valence-corrected chi connectivity index (χ1v) is 3.85. The minimum atomic E-state index is -0.730. The number of nitrogens with one attached hydrogen (secondary N) is 2. The van der Waals surface area contributed by atoms with Crippen LogP contribution in [0.3, 0.4) is 0 Å². The average Bonchev–Trinajstić information content (AvgIpc) is 2.42. The second kappa shape index (κ2) is 3.87. The highest BCUT2D eigenvalue weighted by Gasteiger charge is 2.22. The monoisotopic (exact) mass is 217 g/mol. The Labute approximate surface area is 83.6 Å². The molecular weight excluding hydrogens is 210 g/mol. The number of carbonyl (C=O) groups excluding carboxylic acids is 1. The number of hydrazine groups is 1. The molecule has 8 nitrogen and oxygen atoms in total. The van der Waals surface area contributed by atoms with E-state index in [1.165, 1.54) is 6.92 Å². The maximum absolute atomic E-state index is 11.2. The van der Waals surface area contributed by atoms with Crippen LogP contribution in [-0.2, 0) is 0 Å². The van der Waals surface area contributed by atoms with Crippen LogP contribution in [0.25, 0.3) is 0 Å². The smallest absolute Gasteiger partial charge is 0.318 e. The molecule has 1 aromatic heterocycles. The summed E-state index contributed by atoms with van der Waals surface area (Å²) in [7, 11) is 0. The summed E-state index contributed by atoms with van der Waals surface area (Å²) in [5.74, 6) is -0.730. The number of nitrogens with zero attached hydrogens (tertiary/aromatic N) is 2. The second-order valence-electron chi connectivity index (χ2n) is 2.31. The highest BCUT2D eigenvalue weighted by molar-refractivity contribution is 7.80. The molecule has 1 rings (SSSR count). The summed E-state index contributed by atoms with van der Waals surface area (Å²) in [6.07, 6.45) is 0. The van der Waals surface area contributed by atoms with Crippen LogP contribution in [0, 0.1) is 12.1 Å². The van der Waals surface area contributed by atoms with Crippen molar-refractivity contribution in [2.75, 3.05) is 0 Å². The number of aromatic nitrogens is 2. The van der Waals surface area contributed by atoms with Crippen molar-refractivity contribution in [2.24, 2.45) is 5.73 Å². The van der Waals surface area contributed by atoms with Gasteiger partial charge in [-0.05, 0) is 17.1 Å². The van der Waals surface area contributed by atoms with Crippen LogP contribution in [0.5, 0.6) is 0 Å². The molecule has 0 radical (unpaired) electrons. The van der Waals surface area contributed by atoms with Gasteiger partial charge in [0, 0.05) is 12.1 Å². The molecule has 1 aromatic rings. The first-order chi connectivity index (χ1) is 6.52. The zero-order valence-corrected chi connectivity index (χ0v) is 7.92. The first kappa shape index (κ1) is 10.2. The molecule has 0 atom stereocenters. The van der Waals surface area contributed by atoms with Gasteiger partial charge in [-0.15, -0.1) is 0 Å². The maximum Gasteiger partial charge on any atom is 0.318 e. The lowest BCUT2D eigenvalue weighted by Crippen LogP contribution is -2.47. The molecule has 0 bridgehead atoms. The molecule has 0 saturated carbocycles. The Morgan fingerprint density at radius 3 is 2.79 bits per heavy atom. The fourth-order valence-corrected chi connectivity index (χ4v) is 0.790. The summed E-state index contributed by atoms with van der Waals surface area (Å²) in [5, 5.41) is 14.0. The number of hydrogen-bond acceptors (Lipinski definition) is 5. The van der Waals surface area contributed by atoms with Gasteiger partial charge in [0.1, 0.15) is 0 Å². The van der Waals surface area contributed by atoms with Gasteiger partial charge in [0.15, 0.2) is 5.11 Å². The van der Waals surface area contributed by atoms with Crippen molar-refractivity contribution in [1.29, 1.82) is 0 Å². The number of carbonyl (C=O) groups is 1. The van der Waals surface area contributed by atoms with Crippen LogP contribution in [0.4, 0.5) is 0 Å². The quantitative estimate of drug-likeness (QED) is 0.285. The minimum Gasteiger partial charge on any atom is -0.375 e. The summed E-state index contributed by atoms with van der Waals surface area (Å²) in [6.45, 7) is 1.45. The van der Waals surface area contributed by atoms with Crippen molar-refractivity contribution < 1.29 is 14.3 Å². The van der Waals surface area contributed by atoms with Crippen molar-refractivity contribution >= 4 is 23.2 Å². The molecule has 9 heteroatoms. The highest BCUT2D eigenvalue weighted by Crippen LogP contribution is 1.96. The minimum absolute atomic E-state index is 0.00802. The van der Waals surface area contributed by atoms with Crippen molar-refractivity contribution in [1.82, 2.24) is 16.0 Å². The Morgan fingerprint density at radius 2 is 2.36 bits per heavy atom. The summed E-state index contributed by atoms with van der Waals surface area (Å²) in [4.78, 5) is 11.2. The normalized spacial score (nSPS) is 9.50. The summed E-state index contributed by atoms with van der Waals surface area (Å²) in [6, 6.07) is 0. The fourth-order valence-electron chi connectivity index (χ4n) is 0.739. The van der Waals surface area contributed by atoms with Gasteiger partial charge in [0.05, 0.1) is 0 Å². The van der Waals surface area contributed by atoms with Crippen molar-refractivity contribution in [2.45, 2.75) is 6.92 Å². The van der Waals surface area contributed by atoms with Gasteiger partial charge in [-0.1, -0.05) is 0 Å². The van der Waals surface area contributed by atoms with Gasteiger partial charge in [-0.3, -0.25) is 20.3 Å². The molecule has 0 aromatic carbocycles. The van der Waals surface area contributed by atoms with Crippen LogP contribution in [0.15, 0.2) is 4.63 Å². The predicted octanol–water partition coefficient (Wildman–Crippen LogP) is -1.91.